The molecule has 18 heavy (non-hydrogen) atoms. The van der Waals surface area contributed by atoms with E-state index in [9.17, 15) is 0 Å². The van der Waals surface area contributed by atoms with Gasteiger partial charge in [0, 0.05) is 17.6 Å². The Labute approximate surface area is 113 Å². The summed E-state index contributed by atoms with van der Waals surface area (Å²) in [6.07, 6.45) is 8.30. The summed E-state index contributed by atoms with van der Waals surface area (Å²) in [5.74, 6) is 0.686. The average molecular weight is 266 g/mol. The van der Waals surface area contributed by atoms with Crippen molar-refractivity contribution in [2.45, 2.75) is 50.7 Å². The highest BCUT2D eigenvalue weighted by Gasteiger charge is 2.49. The second-order valence-electron chi connectivity index (χ2n) is 5.46. The number of aromatic nitrogens is 1. The van der Waals surface area contributed by atoms with Gasteiger partial charge >= 0.3 is 0 Å². The zero-order valence-corrected chi connectivity index (χ0v) is 11.8. The predicted molar refractivity (Wildman–Crippen MR) is 73.8 cm³/mol. The molecule has 100 valence electrons. The highest BCUT2D eigenvalue weighted by atomic mass is 32.1. The third-order valence-corrected chi connectivity index (χ3v) is 5.42. The average Bonchev–Trinajstić information content (AvgIpc) is 2.93. The summed E-state index contributed by atoms with van der Waals surface area (Å²) < 4.78 is 10.6. The summed E-state index contributed by atoms with van der Waals surface area (Å²) >= 11 is 1.62. The van der Waals surface area contributed by atoms with Crippen LogP contribution in [-0.4, -0.2) is 23.1 Å². The third kappa shape index (κ3) is 2.00. The SMILES string of the molecule is CCC1CCCCC12OCCNC2c1ccns1. The third-order valence-electron chi connectivity index (χ3n) is 4.61. The second kappa shape index (κ2) is 5.27. The van der Waals surface area contributed by atoms with E-state index in [2.05, 4.69) is 22.7 Å². The molecular weight excluding hydrogens is 244 g/mol. The van der Waals surface area contributed by atoms with Gasteiger partial charge in [0.05, 0.1) is 18.2 Å². The van der Waals surface area contributed by atoms with Gasteiger partial charge in [-0.05, 0) is 36.4 Å². The minimum Gasteiger partial charge on any atom is -0.371 e. The van der Waals surface area contributed by atoms with E-state index in [1.165, 1.54) is 37.0 Å². The van der Waals surface area contributed by atoms with Crippen LogP contribution in [0.5, 0.6) is 0 Å². The molecule has 3 unspecified atom stereocenters. The van der Waals surface area contributed by atoms with Gasteiger partial charge in [0.15, 0.2) is 0 Å². The lowest BCUT2D eigenvalue weighted by molar-refractivity contribution is -0.153. The number of hydrogen-bond acceptors (Lipinski definition) is 4. The smallest absolute Gasteiger partial charge is 0.0913 e. The van der Waals surface area contributed by atoms with Crippen molar-refractivity contribution < 1.29 is 4.74 Å². The van der Waals surface area contributed by atoms with Gasteiger partial charge in [0.1, 0.15) is 0 Å². The summed E-state index contributed by atoms with van der Waals surface area (Å²) in [5.41, 5.74) is 0.0256. The van der Waals surface area contributed by atoms with Crippen molar-refractivity contribution in [3.05, 3.63) is 17.1 Å². The Kier molecular flexibility index (Phi) is 3.68. The van der Waals surface area contributed by atoms with E-state index in [4.69, 9.17) is 4.74 Å². The van der Waals surface area contributed by atoms with Crippen LogP contribution in [0.4, 0.5) is 0 Å². The normalized spacial score (nSPS) is 36.9. The minimum atomic E-state index is 0.0256. The molecule has 3 nitrogen and oxygen atoms in total. The molecule has 4 heteroatoms. The molecule has 0 radical (unpaired) electrons. The number of nitrogens with zero attached hydrogens (tertiary/aromatic N) is 1. The van der Waals surface area contributed by atoms with E-state index >= 15 is 0 Å². The first-order valence-electron chi connectivity index (χ1n) is 7.15. The maximum Gasteiger partial charge on any atom is 0.0913 e. The molecule has 1 saturated heterocycles. The predicted octanol–water partition coefficient (Wildman–Crippen LogP) is 3.14. The van der Waals surface area contributed by atoms with E-state index < -0.39 is 0 Å². The van der Waals surface area contributed by atoms with Crippen LogP contribution in [0.2, 0.25) is 0 Å². The van der Waals surface area contributed by atoms with E-state index in [-0.39, 0.29) is 5.60 Å². The van der Waals surface area contributed by atoms with Crippen LogP contribution in [-0.2, 0) is 4.74 Å². The van der Waals surface area contributed by atoms with Crippen LogP contribution in [0, 0.1) is 5.92 Å². The maximum atomic E-state index is 6.36. The number of ether oxygens (including phenoxy) is 1. The molecule has 1 spiro atoms. The zero-order chi connectivity index (χ0) is 12.4. The summed E-state index contributed by atoms with van der Waals surface area (Å²) in [6.45, 7) is 4.12. The Morgan fingerprint density at radius 2 is 2.50 bits per heavy atom. The molecule has 0 aromatic carbocycles. The maximum absolute atomic E-state index is 6.36. The van der Waals surface area contributed by atoms with Gasteiger partial charge in [0.25, 0.3) is 0 Å². The fourth-order valence-corrected chi connectivity index (χ4v) is 4.53. The molecule has 3 atom stereocenters. The van der Waals surface area contributed by atoms with E-state index in [0.717, 1.165) is 13.2 Å². The molecule has 3 rings (SSSR count). The Bertz CT molecular complexity index is 375. The van der Waals surface area contributed by atoms with Gasteiger partial charge in [0.2, 0.25) is 0 Å². The second-order valence-corrected chi connectivity index (χ2v) is 6.32. The molecule has 0 bridgehead atoms. The van der Waals surface area contributed by atoms with Crippen molar-refractivity contribution in [1.29, 1.82) is 0 Å². The molecule has 2 heterocycles. The first kappa shape index (κ1) is 12.6. The molecule has 1 aromatic heterocycles. The van der Waals surface area contributed by atoms with Crippen LogP contribution in [0.25, 0.3) is 0 Å². The van der Waals surface area contributed by atoms with Crippen LogP contribution in [0.15, 0.2) is 12.3 Å². The summed E-state index contributed by atoms with van der Waals surface area (Å²) in [5, 5.41) is 3.69. The highest BCUT2D eigenvalue weighted by molar-refractivity contribution is 7.05. The molecule has 0 amide bonds. The summed E-state index contributed by atoms with van der Waals surface area (Å²) in [4.78, 5) is 1.34. The quantitative estimate of drug-likeness (QED) is 0.893. The van der Waals surface area contributed by atoms with Crippen LogP contribution >= 0.6 is 11.5 Å². The molecule has 2 aliphatic rings. The number of hydrogen-bond donors (Lipinski definition) is 1. The molecule has 2 fully saturated rings. The van der Waals surface area contributed by atoms with Gasteiger partial charge in [-0.15, -0.1) is 0 Å². The van der Waals surface area contributed by atoms with E-state index in [0.29, 0.717) is 12.0 Å². The Hall–Kier alpha value is -0.450. The van der Waals surface area contributed by atoms with Crippen molar-refractivity contribution >= 4 is 11.5 Å². The minimum absolute atomic E-state index is 0.0256. The van der Waals surface area contributed by atoms with Crippen molar-refractivity contribution in [2.24, 2.45) is 5.92 Å². The van der Waals surface area contributed by atoms with Gasteiger partial charge < -0.3 is 10.1 Å². The first-order valence-corrected chi connectivity index (χ1v) is 7.92. The molecular formula is C14H22N2OS. The summed E-state index contributed by atoms with van der Waals surface area (Å²) in [7, 11) is 0. The van der Waals surface area contributed by atoms with Crippen molar-refractivity contribution in [3.8, 4) is 0 Å². The van der Waals surface area contributed by atoms with Crippen molar-refractivity contribution in [3.63, 3.8) is 0 Å². The first-order chi connectivity index (χ1) is 8.87. The van der Waals surface area contributed by atoms with Gasteiger partial charge in [-0.2, -0.15) is 0 Å². The summed E-state index contributed by atoms with van der Waals surface area (Å²) in [6, 6.07) is 2.50. The Morgan fingerprint density at radius 1 is 1.56 bits per heavy atom. The Balaban J connectivity index is 1.94. The molecule has 1 N–H and O–H groups in total. The van der Waals surface area contributed by atoms with E-state index in [1.807, 2.05) is 6.20 Å². The van der Waals surface area contributed by atoms with Crippen LogP contribution < -0.4 is 5.32 Å². The van der Waals surface area contributed by atoms with Crippen molar-refractivity contribution in [1.82, 2.24) is 9.69 Å². The van der Waals surface area contributed by atoms with Crippen LogP contribution in [0.1, 0.15) is 49.9 Å². The molecule has 1 aliphatic carbocycles. The number of nitrogens with one attached hydrogen (secondary N) is 1. The van der Waals surface area contributed by atoms with Crippen molar-refractivity contribution in [2.75, 3.05) is 13.2 Å². The lowest BCUT2D eigenvalue weighted by Gasteiger charge is -2.51. The molecule has 1 aromatic rings. The number of rotatable bonds is 2. The van der Waals surface area contributed by atoms with Gasteiger partial charge in [-0.3, -0.25) is 0 Å². The topological polar surface area (TPSA) is 34.1 Å². The number of morpholine rings is 1. The molecule has 1 saturated carbocycles. The Morgan fingerprint density at radius 3 is 3.28 bits per heavy atom. The standard InChI is InChI=1S/C14H22N2OS/c1-2-11-5-3-4-7-14(11)13(15-9-10-17-14)12-6-8-16-18-12/h6,8,11,13,15H,2-5,7,9-10H2,1H3. The van der Waals surface area contributed by atoms with Gasteiger partial charge in [-0.1, -0.05) is 26.2 Å². The van der Waals surface area contributed by atoms with Gasteiger partial charge in [-0.25, -0.2) is 4.37 Å². The van der Waals surface area contributed by atoms with Crippen LogP contribution in [0.3, 0.4) is 0 Å². The lowest BCUT2D eigenvalue weighted by Crippen LogP contribution is -2.57. The fraction of sp³-hybridized carbons (Fsp3) is 0.786. The monoisotopic (exact) mass is 266 g/mol. The lowest BCUT2D eigenvalue weighted by atomic mass is 9.69. The zero-order valence-electron chi connectivity index (χ0n) is 11.0. The highest BCUT2D eigenvalue weighted by Crippen LogP contribution is 2.48. The molecule has 1 aliphatic heterocycles. The largest absolute Gasteiger partial charge is 0.371 e. The van der Waals surface area contributed by atoms with E-state index in [1.54, 1.807) is 11.5 Å². The fourth-order valence-electron chi connectivity index (χ4n) is 3.78.